The lowest BCUT2D eigenvalue weighted by atomic mass is 9.91. The lowest BCUT2D eigenvalue weighted by Crippen LogP contribution is -2.11. The van der Waals surface area contributed by atoms with Gasteiger partial charge >= 0.3 is 0 Å². The van der Waals surface area contributed by atoms with E-state index in [1.54, 1.807) is 0 Å². The van der Waals surface area contributed by atoms with Crippen LogP contribution >= 0.6 is 0 Å². The molecule has 0 aliphatic carbocycles. The molecule has 0 unspecified atom stereocenters. The molecular formula is C64H44N2. The van der Waals surface area contributed by atoms with Crippen molar-refractivity contribution < 1.29 is 0 Å². The van der Waals surface area contributed by atoms with Crippen LogP contribution in [-0.2, 0) is 0 Å². The second kappa shape index (κ2) is 16.8. The van der Waals surface area contributed by atoms with E-state index in [1.165, 1.54) is 60.4 Å². The Morgan fingerprint density at radius 1 is 0.258 bits per heavy atom. The fraction of sp³-hybridized carbons (Fsp3) is 0. The van der Waals surface area contributed by atoms with Gasteiger partial charge in [-0.15, -0.1) is 0 Å². The first-order chi connectivity index (χ1) is 32.7. The molecule has 0 fully saturated rings. The molecule has 2 heteroatoms. The van der Waals surface area contributed by atoms with Gasteiger partial charge in [0.15, 0.2) is 0 Å². The van der Waals surface area contributed by atoms with Crippen molar-refractivity contribution in [1.82, 2.24) is 4.57 Å². The van der Waals surface area contributed by atoms with Crippen LogP contribution in [0.25, 0.3) is 93.9 Å². The lowest BCUT2D eigenvalue weighted by molar-refractivity contribution is 1.18. The van der Waals surface area contributed by atoms with Gasteiger partial charge in [-0.2, -0.15) is 0 Å². The molecule has 66 heavy (non-hydrogen) atoms. The molecule has 1 heterocycles. The largest absolute Gasteiger partial charge is 0.310 e. The number of hydrogen-bond donors (Lipinski definition) is 0. The molecule has 12 aromatic rings. The molecule has 0 saturated carbocycles. The fourth-order valence-corrected chi connectivity index (χ4v) is 9.83. The highest BCUT2D eigenvalue weighted by atomic mass is 15.1. The van der Waals surface area contributed by atoms with E-state index >= 15 is 0 Å². The van der Waals surface area contributed by atoms with Crippen LogP contribution in [0.2, 0.25) is 0 Å². The van der Waals surface area contributed by atoms with E-state index in [-0.39, 0.29) is 0 Å². The molecule has 310 valence electrons. The van der Waals surface area contributed by atoms with Crippen LogP contribution in [0.1, 0.15) is 0 Å². The first kappa shape index (κ1) is 38.9. The van der Waals surface area contributed by atoms with E-state index in [0.29, 0.717) is 0 Å². The Labute approximate surface area is 385 Å². The zero-order chi connectivity index (χ0) is 43.8. The quantitative estimate of drug-likeness (QED) is 0.141. The van der Waals surface area contributed by atoms with Crippen molar-refractivity contribution >= 4 is 49.6 Å². The summed E-state index contributed by atoms with van der Waals surface area (Å²) in [6, 6.07) is 97.0. The van der Waals surface area contributed by atoms with Crippen molar-refractivity contribution in [1.29, 1.82) is 0 Å². The van der Waals surface area contributed by atoms with E-state index in [0.717, 1.165) is 50.6 Å². The van der Waals surface area contributed by atoms with E-state index in [9.17, 15) is 0 Å². The third-order valence-corrected chi connectivity index (χ3v) is 13.0. The summed E-state index contributed by atoms with van der Waals surface area (Å²) >= 11 is 0. The molecule has 0 aliphatic rings. The van der Waals surface area contributed by atoms with E-state index in [4.69, 9.17) is 0 Å². The van der Waals surface area contributed by atoms with Crippen LogP contribution in [0.3, 0.4) is 0 Å². The third kappa shape index (κ3) is 7.02. The summed E-state index contributed by atoms with van der Waals surface area (Å²) < 4.78 is 2.44. The Morgan fingerprint density at radius 3 is 1.42 bits per heavy atom. The van der Waals surface area contributed by atoms with Gasteiger partial charge in [0.05, 0.1) is 22.4 Å². The van der Waals surface area contributed by atoms with Crippen LogP contribution in [0.4, 0.5) is 17.1 Å². The molecule has 0 aliphatic heterocycles. The van der Waals surface area contributed by atoms with Crippen LogP contribution in [0.5, 0.6) is 0 Å². The smallest absolute Gasteiger partial charge is 0.0541 e. The number of fused-ring (bicyclic) bond motifs is 4. The highest BCUT2D eigenvalue weighted by molar-refractivity contribution is 6.10. The molecule has 0 atom stereocenters. The SMILES string of the molecule is c1ccc(-c2ccc(-c3ccc(N(c4ccc(-c5ccccc5-n5c6ccccc6c6ccccc65)c(-c5ccc6ccccc6c5)c4)c4ccccc4-c4ccccc4)cc3)cc2)cc1. The maximum Gasteiger partial charge on any atom is 0.0541 e. The molecule has 12 rings (SSSR count). The summed E-state index contributed by atoms with van der Waals surface area (Å²) in [7, 11) is 0. The fourth-order valence-electron chi connectivity index (χ4n) is 9.83. The van der Waals surface area contributed by atoms with Gasteiger partial charge < -0.3 is 9.47 Å². The van der Waals surface area contributed by atoms with E-state index < -0.39 is 0 Å². The monoisotopic (exact) mass is 840 g/mol. The summed E-state index contributed by atoms with van der Waals surface area (Å²) in [5, 5.41) is 4.92. The average Bonchev–Trinajstić information content (AvgIpc) is 3.74. The summed E-state index contributed by atoms with van der Waals surface area (Å²) in [4.78, 5) is 2.43. The number of anilines is 3. The Bertz CT molecular complexity index is 3630. The number of hydrogen-bond acceptors (Lipinski definition) is 1. The molecule has 0 amide bonds. The first-order valence-electron chi connectivity index (χ1n) is 22.7. The second-order valence-electron chi connectivity index (χ2n) is 16.9. The van der Waals surface area contributed by atoms with Crippen LogP contribution in [0.15, 0.2) is 267 Å². The van der Waals surface area contributed by atoms with Crippen molar-refractivity contribution in [2.75, 3.05) is 4.90 Å². The highest BCUT2D eigenvalue weighted by Crippen LogP contribution is 2.46. The Hall–Kier alpha value is -8.72. The minimum absolute atomic E-state index is 1.07. The average molecular weight is 841 g/mol. The Balaban J connectivity index is 1.06. The van der Waals surface area contributed by atoms with Gasteiger partial charge in [-0.05, 0) is 110 Å². The minimum Gasteiger partial charge on any atom is -0.310 e. The zero-order valence-electron chi connectivity index (χ0n) is 36.3. The lowest BCUT2D eigenvalue weighted by Gasteiger charge is -2.29. The van der Waals surface area contributed by atoms with Crippen LogP contribution < -0.4 is 4.90 Å². The normalized spacial score (nSPS) is 11.3. The van der Waals surface area contributed by atoms with Gasteiger partial charge in [0, 0.05) is 33.3 Å². The number of nitrogens with zero attached hydrogens (tertiary/aromatic N) is 2. The van der Waals surface area contributed by atoms with Gasteiger partial charge in [0.1, 0.15) is 0 Å². The van der Waals surface area contributed by atoms with Gasteiger partial charge in [-0.3, -0.25) is 0 Å². The van der Waals surface area contributed by atoms with Crippen molar-refractivity contribution in [3.8, 4) is 61.3 Å². The molecule has 0 radical (unpaired) electrons. The summed E-state index contributed by atoms with van der Waals surface area (Å²) in [5.41, 5.74) is 18.5. The van der Waals surface area contributed by atoms with Gasteiger partial charge in [0.25, 0.3) is 0 Å². The minimum atomic E-state index is 1.07. The standard InChI is InChI=1S/C64H44N2/c1-3-17-45(18-4-1)47-31-33-48(34-32-47)49-37-39-53(40-38-49)65(61-27-13-9-23-55(61)50-20-5-2-6-21-50)54-41-42-56(60(44-54)52-36-35-46-19-7-8-22-51(46)43-52)57-24-10-14-28-62(57)66-63-29-15-11-25-58(63)59-26-12-16-30-64(59)66/h1-44H. The van der Waals surface area contributed by atoms with Gasteiger partial charge in [-0.1, -0.05) is 212 Å². The van der Waals surface area contributed by atoms with Crippen LogP contribution in [0, 0.1) is 0 Å². The van der Waals surface area contributed by atoms with E-state index in [1.807, 2.05) is 0 Å². The Morgan fingerprint density at radius 2 is 0.742 bits per heavy atom. The maximum absolute atomic E-state index is 2.44. The zero-order valence-corrected chi connectivity index (χ0v) is 36.3. The topological polar surface area (TPSA) is 8.17 Å². The summed E-state index contributed by atoms with van der Waals surface area (Å²) in [6.45, 7) is 0. The van der Waals surface area contributed by atoms with E-state index in [2.05, 4.69) is 276 Å². The number of benzene rings is 11. The maximum atomic E-state index is 2.44. The molecule has 2 nitrogen and oxygen atoms in total. The second-order valence-corrected chi connectivity index (χ2v) is 16.9. The van der Waals surface area contributed by atoms with Crippen molar-refractivity contribution in [3.63, 3.8) is 0 Å². The number of aromatic nitrogens is 1. The highest BCUT2D eigenvalue weighted by Gasteiger charge is 2.22. The molecule has 0 bridgehead atoms. The Kier molecular flexibility index (Phi) is 9.89. The van der Waals surface area contributed by atoms with Gasteiger partial charge in [-0.25, -0.2) is 0 Å². The molecular weight excluding hydrogens is 797 g/mol. The number of para-hydroxylation sites is 4. The first-order valence-corrected chi connectivity index (χ1v) is 22.7. The van der Waals surface area contributed by atoms with Crippen LogP contribution in [-0.4, -0.2) is 4.57 Å². The third-order valence-electron chi connectivity index (χ3n) is 13.0. The molecule has 0 saturated heterocycles. The predicted molar refractivity (Wildman–Crippen MR) is 280 cm³/mol. The number of rotatable bonds is 9. The summed E-state index contributed by atoms with van der Waals surface area (Å²) in [6.07, 6.45) is 0. The molecule has 0 N–H and O–H groups in total. The van der Waals surface area contributed by atoms with Crippen molar-refractivity contribution in [2.24, 2.45) is 0 Å². The van der Waals surface area contributed by atoms with Gasteiger partial charge in [0.2, 0.25) is 0 Å². The summed E-state index contributed by atoms with van der Waals surface area (Å²) in [5.74, 6) is 0. The molecule has 11 aromatic carbocycles. The predicted octanol–water partition coefficient (Wildman–Crippen LogP) is 17.7. The van der Waals surface area contributed by atoms with Crippen molar-refractivity contribution in [2.45, 2.75) is 0 Å². The molecule has 1 aromatic heterocycles. The van der Waals surface area contributed by atoms with Crippen molar-refractivity contribution in [3.05, 3.63) is 267 Å². The molecule has 0 spiro atoms.